The fourth-order valence-corrected chi connectivity index (χ4v) is 4.02. The second kappa shape index (κ2) is 6.02. The van der Waals surface area contributed by atoms with Crippen LogP contribution in [0.2, 0.25) is 0 Å². The maximum Gasteiger partial charge on any atom is 0.303 e. The summed E-state index contributed by atoms with van der Waals surface area (Å²) in [6.45, 7) is 3.98. The van der Waals surface area contributed by atoms with Gasteiger partial charge in [-0.2, -0.15) is 0 Å². The molecule has 1 N–H and O–H groups in total. The number of carboxylic acids is 1. The van der Waals surface area contributed by atoms with E-state index in [9.17, 15) is 4.79 Å². The Balaban J connectivity index is 1.80. The quantitative estimate of drug-likeness (QED) is 0.937. The van der Waals surface area contributed by atoms with Gasteiger partial charge in [0.1, 0.15) is 5.82 Å². The molecule has 2 unspecified atom stereocenters. The number of pyridine rings is 1. The Morgan fingerprint density at radius 3 is 3.24 bits per heavy atom. The molecule has 1 aliphatic heterocycles. The van der Waals surface area contributed by atoms with Gasteiger partial charge in [0.2, 0.25) is 0 Å². The molecule has 0 saturated carbocycles. The minimum Gasteiger partial charge on any atom is -0.481 e. The first-order chi connectivity index (χ1) is 10.1. The Hall–Kier alpha value is -1.62. The third kappa shape index (κ3) is 3.02. The molecule has 0 aliphatic carbocycles. The number of anilines is 1. The summed E-state index contributed by atoms with van der Waals surface area (Å²) in [5.74, 6) is 1.01. The lowest BCUT2D eigenvalue weighted by molar-refractivity contribution is -0.138. The largest absolute Gasteiger partial charge is 0.481 e. The van der Waals surface area contributed by atoms with E-state index in [4.69, 9.17) is 5.11 Å². The normalized spacial score (nSPS) is 20.6. The summed E-state index contributed by atoms with van der Waals surface area (Å²) in [6.07, 6.45) is 4.36. The Kier molecular flexibility index (Phi) is 4.10. The van der Waals surface area contributed by atoms with Crippen molar-refractivity contribution >= 4 is 33.2 Å². The van der Waals surface area contributed by atoms with E-state index in [-0.39, 0.29) is 12.3 Å². The number of aliphatic carboxylic acids is 1. The highest BCUT2D eigenvalue weighted by Crippen LogP contribution is 2.33. The fourth-order valence-electron chi connectivity index (χ4n) is 3.24. The zero-order valence-electron chi connectivity index (χ0n) is 12.2. The Morgan fingerprint density at radius 1 is 1.57 bits per heavy atom. The summed E-state index contributed by atoms with van der Waals surface area (Å²) in [7, 11) is 0. The fraction of sp³-hybridized carbons (Fsp3) is 0.500. The SMILES string of the molecule is CC(CC(=O)O)C1CCCN(c2nccc3sccc23)C1. The van der Waals surface area contributed by atoms with Crippen LogP contribution < -0.4 is 4.90 Å². The van der Waals surface area contributed by atoms with E-state index in [1.54, 1.807) is 11.3 Å². The number of aromatic nitrogens is 1. The zero-order chi connectivity index (χ0) is 14.8. The molecule has 4 nitrogen and oxygen atoms in total. The number of hydrogen-bond acceptors (Lipinski definition) is 4. The summed E-state index contributed by atoms with van der Waals surface area (Å²) in [6, 6.07) is 4.19. The van der Waals surface area contributed by atoms with Crippen LogP contribution in [-0.4, -0.2) is 29.1 Å². The molecule has 2 aromatic heterocycles. The van der Waals surface area contributed by atoms with Crippen molar-refractivity contribution in [3.05, 3.63) is 23.7 Å². The predicted octanol–water partition coefficient (Wildman–Crippen LogP) is 3.62. The molecule has 1 fully saturated rings. The van der Waals surface area contributed by atoms with Crippen LogP contribution >= 0.6 is 11.3 Å². The van der Waals surface area contributed by atoms with Gasteiger partial charge < -0.3 is 10.0 Å². The standard InChI is InChI=1S/C16H20N2O2S/c1-11(9-15(19)20)12-3-2-7-18(10-12)16-13-5-8-21-14(13)4-6-17-16/h4-6,8,11-12H,2-3,7,9-10H2,1H3,(H,19,20). The second-order valence-electron chi connectivity index (χ2n) is 5.89. The van der Waals surface area contributed by atoms with Crippen molar-refractivity contribution in [3.63, 3.8) is 0 Å². The van der Waals surface area contributed by atoms with Crippen molar-refractivity contribution in [1.29, 1.82) is 0 Å². The minimum absolute atomic E-state index is 0.215. The third-order valence-corrected chi connectivity index (χ3v) is 5.30. The van der Waals surface area contributed by atoms with Crippen LogP contribution in [0.4, 0.5) is 5.82 Å². The van der Waals surface area contributed by atoms with Crippen molar-refractivity contribution in [3.8, 4) is 0 Å². The number of thiophene rings is 1. The van der Waals surface area contributed by atoms with Gasteiger partial charge in [0.05, 0.1) is 0 Å². The van der Waals surface area contributed by atoms with Crippen LogP contribution in [0.15, 0.2) is 23.7 Å². The topological polar surface area (TPSA) is 53.4 Å². The molecule has 5 heteroatoms. The van der Waals surface area contributed by atoms with E-state index in [2.05, 4.69) is 34.3 Å². The Morgan fingerprint density at radius 2 is 2.43 bits per heavy atom. The van der Waals surface area contributed by atoms with Gasteiger partial charge in [0, 0.05) is 35.8 Å². The lowest BCUT2D eigenvalue weighted by Crippen LogP contribution is -2.38. The first kappa shape index (κ1) is 14.3. The molecule has 0 bridgehead atoms. The number of fused-ring (bicyclic) bond motifs is 1. The summed E-state index contributed by atoms with van der Waals surface area (Å²) < 4.78 is 1.26. The van der Waals surface area contributed by atoms with Crippen molar-refractivity contribution in [2.24, 2.45) is 11.8 Å². The van der Waals surface area contributed by atoms with Crippen LogP contribution in [-0.2, 0) is 4.79 Å². The molecule has 0 radical (unpaired) electrons. The first-order valence-corrected chi connectivity index (χ1v) is 8.32. The molecular weight excluding hydrogens is 284 g/mol. The molecule has 1 saturated heterocycles. The molecule has 0 aromatic carbocycles. The molecule has 1 aliphatic rings. The maximum atomic E-state index is 10.9. The summed E-state index contributed by atoms with van der Waals surface area (Å²) in [5, 5.41) is 12.3. The van der Waals surface area contributed by atoms with Crippen molar-refractivity contribution in [1.82, 2.24) is 4.98 Å². The number of carboxylic acid groups (broad SMARTS) is 1. The van der Waals surface area contributed by atoms with E-state index in [0.29, 0.717) is 5.92 Å². The third-order valence-electron chi connectivity index (χ3n) is 4.42. The highest BCUT2D eigenvalue weighted by atomic mass is 32.1. The maximum absolute atomic E-state index is 10.9. The molecule has 21 heavy (non-hydrogen) atoms. The molecular formula is C16H20N2O2S. The van der Waals surface area contributed by atoms with E-state index in [1.165, 1.54) is 10.1 Å². The van der Waals surface area contributed by atoms with Gasteiger partial charge in [-0.25, -0.2) is 4.98 Å². The van der Waals surface area contributed by atoms with Crippen LogP contribution in [0.25, 0.3) is 10.1 Å². The number of nitrogens with zero attached hydrogens (tertiary/aromatic N) is 2. The molecule has 3 heterocycles. The van der Waals surface area contributed by atoms with Crippen molar-refractivity contribution < 1.29 is 9.90 Å². The highest BCUT2D eigenvalue weighted by Gasteiger charge is 2.27. The molecule has 0 amide bonds. The zero-order valence-corrected chi connectivity index (χ0v) is 13.0. The van der Waals surface area contributed by atoms with E-state index in [1.807, 2.05) is 6.20 Å². The van der Waals surface area contributed by atoms with Gasteiger partial charge in [-0.1, -0.05) is 6.92 Å². The lowest BCUT2D eigenvalue weighted by Gasteiger charge is -2.36. The van der Waals surface area contributed by atoms with E-state index >= 15 is 0 Å². The van der Waals surface area contributed by atoms with E-state index in [0.717, 1.165) is 31.7 Å². The molecule has 3 rings (SSSR count). The second-order valence-corrected chi connectivity index (χ2v) is 6.84. The minimum atomic E-state index is -0.697. The van der Waals surface area contributed by atoms with E-state index < -0.39 is 5.97 Å². The highest BCUT2D eigenvalue weighted by molar-refractivity contribution is 7.17. The molecule has 2 atom stereocenters. The van der Waals surface area contributed by atoms with Gasteiger partial charge in [-0.15, -0.1) is 11.3 Å². The molecule has 0 spiro atoms. The first-order valence-electron chi connectivity index (χ1n) is 7.44. The Bertz CT molecular complexity index is 640. The number of piperidine rings is 1. The van der Waals surface area contributed by atoms with Gasteiger partial charge in [0.25, 0.3) is 0 Å². The van der Waals surface area contributed by atoms with Gasteiger partial charge >= 0.3 is 5.97 Å². The van der Waals surface area contributed by atoms with Crippen molar-refractivity contribution in [2.45, 2.75) is 26.2 Å². The van der Waals surface area contributed by atoms with Crippen LogP contribution in [0.5, 0.6) is 0 Å². The summed E-state index contributed by atoms with van der Waals surface area (Å²) in [5.41, 5.74) is 0. The predicted molar refractivity (Wildman–Crippen MR) is 86.0 cm³/mol. The molecule has 112 valence electrons. The number of hydrogen-bond donors (Lipinski definition) is 1. The van der Waals surface area contributed by atoms with Gasteiger partial charge in [0.15, 0.2) is 0 Å². The summed E-state index contributed by atoms with van der Waals surface area (Å²) in [4.78, 5) is 17.8. The average Bonchev–Trinajstić information content (AvgIpc) is 2.95. The van der Waals surface area contributed by atoms with Crippen LogP contribution in [0.3, 0.4) is 0 Å². The smallest absolute Gasteiger partial charge is 0.303 e. The monoisotopic (exact) mass is 304 g/mol. The number of carbonyl (C=O) groups is 1. The van der Waals surface area contributed by atoms with Gasteiger partial charge in [-0.3, -0.25) is 4.79 Å². The van der Waals surface area contributed by atoms with Crippen LogP contribution in [0.1, 0.15) is 26.2 Å². The van der Waals surface area contributed by atoms with Crippen molar-refractivity contribution in [2.75, 3.05) is 18.0 Å². The number of rotatable bonds is 4. The Labute approximate surface area is 128 Å². The van der Waals surface area contributed by atoms with Crippen LogP contribution in [0, 0.1) is 11.8 Å². The lowest BCUT2D eigenvalue weighted by atomic mass is 9.84. The average molecular weight is 304 g/mol. The molecule has 2 aromatic rings. The summed E-state index contributed by atoms with van der Waals surface area (Å²) >= 11 is 1.74. The van der Waals surface area contributed by atoms with Gasteiger partial charge in [-0.05, 0) is 42.2 Å².